The summed E-state index contributed by atoms with van der Waals surface area (Å²) in [5.74, 6) is 0.768. The molecular weight excluding hydrogens is 632 g/mol. The predicted molar refractivity (Wildman–Crippen MR) is 187 cm³/mol. The number of hydrogen-bond acceptors (Lipinski definition) is 9. The summed E-state index contributed by atoms with van der Waals surface area (Å²) in [6.07, 6.45) is 2.44. The van der Waals surface area contributed by atoms with Gasteiger partial charge < -0.3 is 23.5 Å². The summed E-state index contributed by atoms with van der Waals surface area (Å²) in [5, 5.41) is 9.18. The summed E-state index contributed by atoms with van der Waals surface area (Å²) in [5.41, 5.74) is 5.89. The minimum Gasteiger partial charge on any atom is -0.489 e. The topological polar surface area (TPSA) is 128 Å². The summed E-state index contributed by atoms with van der Waals surface area (Å²) in [7, 11) is 0. The quantitative estimate of drug-likeness (QED) is 0.134. The van der Waals surface area contributed by atoms with Gasteiger partial charge in [0.25, 0.3) is 0 Å². The minimum absolute atomic E-state index is 0.251. The van der Waals surface area contributed by atoms with Crippen molar-refractivity contribution >= 4 is 23.2 Å². The van der Waals surface area contributed by atoms with Gasteiger partial charge in [-0.15, -0.1) is 0 Å². The molecule has 6 rings (SSSR count). The second-order valence-corrected chi connectivity index (χ2v) is 13.2. The first-order valence-electron chi connectivity index (χ1n) is 16.9. The molecule has 1 amide bonds. The van der Waals surface area contributed by atoms with Crippen molar-refractivity contribution in [3.8, 4) is 23.3 Å². The molecule has 0 bridgehead atoms. The summed E-state index contributed by atoms with van der Waals surface area (Å²) < 4.78 is 23.3. The minimum atomic E-state index is -0.670. The van der Waals surface area contributed by atoms with Gasteiger partial charge in [0.2, 0.25) is 5.89 Å². The smallest absolute Gasteiger partial charge is 0.410 e. The Morgan fingerprint density at radius 3 is 2.58 bits per heavy atom. The molecule has 1 aliphatic carbocycles. The zero-order valence-electron chi connectivity index (χ0n) is 28.8. The molecule has 2 heterocycles. The highest BCUT2D eigenvalue weighted by Crippen LogP contribution is 2.35. The number of rotatable bonds is 10. The number of nitriles is 1. The molecule has 0 radical (unpaired) electrons. The number of carbonyl (C=O) groups excluding carboxylic acids is 2. The molecule has 0 fully saturated rings. The van der Waals surface area contributed by atoms with Crippen molar-refractivity contribution in [1.82, 2.24) is 14.9 Å². The van der Waals surface area contributed by atoms with E-state index < -0.39 is 17.7 Å². The fraction of sp³-hybridized carbons (Fsp3) is 0.325. The Labute approximate surface area is 291 Å². The van der Waals surface area contributed by atoms with Gasteiger partial charge in [0, 0.05) is 17.8 Å². The number of aryl methyl sites for hydroxylation is 1. The van der Waals surface area contributed by atoms with E-state index >= 15 is 0 Å². The molecule has 5 aromatic rings. The molecule has 0 spiro atoms. The predicted octanol–water partition coefficient (Wildman–Crippen LogP) is 8.37. The summed E-state index contributed by atoms with van der Waals surface area (Å²) in [6, 6.07) is 26.3. The van der Waals surface area contributed by atoms with Crippen molar-refractivity contribution in [3.63, 3.8) is 0 Å². The van der Waals surface area contributed by atoms with E-state index in [4.69, 9.17) is 18.6 Å². The van der Waals surface area contributed by atoms with E-state index in [2.05, 4.69) is 16.0 Å². The lowest BCUT2D eigenvalue weighted by Crippen LogP contribution is -2.41. The van der Waals surface area contributed by atoms with Crippen LogP contribution in [0.3, 0.4) is 0 Å². The first kappa shape index (κ1) is 34.2. The molecular formula is C40H40N4O6. The highest BCUT2D eigenvalue weighted by molar-refractivity contribution is 5.87. The summed E-state index contributed by atoms with van der Waals surface area (Å²) >= 11 is 0. The summed E-state index contributed by atoms with van der Waals surface area (Å²) in [6.45, 7) is 8.36. The third kappa shape index (κ3) is 7.95. The second-order valence-electron chi connectivity index (χ2n) is 13.2. The van der Waals surface area contributed by atoms with Crippen LogP contribution in [0, 0.1) is 11.3 Å². The van der Waals surface area contributed by atoms with Crippen LogP contribution in [0.2, 0.25) is 0 Å². The van der Waals surface area contributed by atoms with Gasteiger partial charge in [-0.1, -0.05) is 36.4 Å². The lowest BCUT2D eigenvalue weighted by atomic mass is 9.89. The number of hydrogen-bond donors (Lipinski definition) is 0. The van der Waals surface area contributed by atoms with Crippen LogP contribution in [0.25, 0.3) is 22.6 Å². The van der Waals surface area contributed by atoms with Crippen LogP contribution in [0.15, 0.2) is 83.3 Å². The van der Waals surface area contributed by atoms with E-state index in [1.165, 1.54) is 0 Å². The Morgan fingerprint density at radius 2 is 1.82 bits per heavy atom. The van der Waals surface area contributed by atoms with Crippen molar-refractivity contribution in [3.05, 3.63) is 113 Å². The number of para-hydroxylation sites is 1. The fourth-order valence-electron chi connectivity index (χ4n) is 6.09. The van der Waals surface area contributed by atoms with Crippen LogP contribution >= 0.6 is 0 Å². The average molecular weight is 673 g/mol. The molecule has 10 nitrogen and oxygen atoms in total. The van der Waals surface area contributed by atoms with Crippen molar-refractivity contribution in [2.24, 2.45) is 0 Å². The number of amides is 1. The van der Waals surface area contributed by atoms with E-state index in [0.717, 1.165) is 53.0 Å². The molecule has 0 saturated carbocycles. The van der Waals surface area contributed by atoms with Gasteiger partial charge in [-0.3, -0.25) is 0 Å². The largest absolute Gasteiger partial charge is 0.489 e. The van der Waals surface area contributed by atoms with Crippen molar-refractivity contribution in [2.45, 2.75) is 71.6 Å². The van der Waals surface area contributed by atoms with E-state index in [-0.39, 0.29) is 18.3 Å². The summed E-state index contributed by atoms with van der Waals surface area (Å²) in [4.78, 5) is 37.0. The zero-order valence-corrected chi connectivity index (χ0v) is 28.8. The average Bonchev–Trinajstić information content (AvgIpc) is 3.54. The molecule has 256 valence electrons. The number of benzene rings is 3. The Bertz CT molecular complexity index is 2040. The maximum atomic E-state index is 13.7. The van der Waals surface area contributed by atoms with Gasteiger partial charge in [-0.25, -0.2) is 19.6 Å². The second kappa shape index (κ2) is 14.8. The van der Waals surface area contributed by atoms with E-state index in [9.17, 15) is 14.9 Å². The lowest BCUT2D eigenvalue weighted by molar-refractivity contribution is 0.0140. The number of oxazole rings is 1. The molecule has 3 aromatic carbocycles. The van der Waals surface area contributed by atoms with Gasteiger partial charge >= 0.3 is 12.1 Å². The Kier molecular flexibility index (Phi) is 10.1. The van der Waals surface area contributed by atoms with E-state index in [1.54, 1.807) is 36.1 Å². The number of pyridine rings is 1. The highest BCUT2D eigenvalue weighted by Gasteiger charge is 2.33. The van der Waals surface area contributed by atoms with Gasteiger partial charge in [-0.2, -0.15) is 5.26 Å². The molecule has 0 N–H and O–H groups in total. The maximum absolute atomic E-state index is 13.7. The molecule has 1 atom stereocenters. The number of fused-ring (bicyclic) bond motifs is 2. The molecule has 1 unspecified atom stereocenters. The SMILES string of the molecule is CCOC(=O)c1ccc2c(n1)CCCC2N(CCc1ccccc1OCc1ccc(-c2nc3cc(C#N)ccc3o2)cc1)C(=O)OC(C)(C)C. The number of carbonyl (C=O) groups is 2. The highest BCUT2D eigenvalue weighted by atomic mass is 16.6. The van der Waals surface area contributed by atoms with Crippen LogP contribution in [0.1, 0.15) is 85.0 Å². The third-order valence-corrected chi connectivity index (χ3v) is 8.45. The molecule has 1 aliphatic rings. The van der Waals surface area contributed by atoms with Crippen molar-refractivity contribution in [1.29, 1.82) is 5.26 Å². The normalized spacial score (nSPS) is 14.0. The third-order valence-electron chi connectivity index (χ3n) is 8.45. The standard InChI is InChI=1S/C40H40N4O6/c1-5-47-38(45)32-19-18-30-31(42-32)10-8-11-34(30)44(39(46)50-40(2,3)4)22-21-28-9-6-7-12-35(28)48-25-26-13-16-29(17-14-26)37-43-33-23-27(24-41)15-20-36(33)49-37/h6-7,9,12-20,23,34H,5,8,10-11,21-22,25H2,1-4H3. The van der Waals surface area contributed by atoms with Crippen LogP contribution in [0.4, 0.5) is 4.79 Å². The van der Waals surface area contributed by atoms with Crippen molar-refractivity contribution < 1.29 is 28.2 Å². The van der Waals surface area contributed by atoms with Crippen LogP contribution in [-0.4, -0.2) is 45.7 Å². The van der Waals surface area contributed by atoms with Crippen LogP contribution < -0.4 is 4.74 Å². The lowest BCUT2D eigenvalue weighted by Gasteiger charge is -2.36. The van der Waals surface area contributed by atoms with Crippen molar-refractivity contribution in [2.75, 3.05) is 13.2 Å². The van der Waals surface area contributed by atoms with Crippen LogP contribution in [-0.2, 0) is 28.9 Å². The molecule has 2 aromatic heterocycles. The van der Waals surface area contributed by atoms with E-state index in [0.29, 0.717) is 42.1 Å². The first-order valence-corrected chi connectivity index (χ1v) is 16.9. The number of nitrogens with zero attached hydrogens (tertiary/aromatic N) is 4. The molecule has 10 heteroatoms. The molecule has 0 aliphatic heterocycles. The van der Waals surface area contributed by atoms with Gasteiger partial charge in [0.05, 0.1) is 24.3 Å². The Hall–Kier alpha value is -5.69. The number of ether oxygens (including phenoxy) is 3. The Morgan fingerprint density at radius 1 is 1.02 bits per heavy atom. The monoisotopic (exact) mass is 672 g/mol. The molecule has 0 saturated heterocycles. The van der Waals surface area contributed by atoms with Crippen LogP contribution in [0.5, 0.6) is 5.75 Å². The zero-order chi connectivity index (χ0) is 35.3. The maximum Gasteiger partial charge on any atom is 0.410 e. The van der Waals surface area contributed by atoms with E-state index in [1.807, 2.05) is 75.4 Å². The van der Waals surface area contributed by atoms with Gasteiger partial charge in [0.1, 0.15) is 29.2 Å². The number of esters is 1. The Balaban J connectivity index is 1.16. The number of aromatic nitrogens is 2. The van der Waals surface area contributed by atoms with Gasteiger partial charge in [0.15, 0.2) is 5.58 Å². The molecule has 50 heavy (non-hydrogen) atoms. The first-order chi connectivity index (χ1) is 24.1. The fourth-order valence-corrected chi connectivity index (χ4v) is 6.09. The van der Waals surface area contributed by atoms with Gasteiger partial charge in [-0.05, 0) is 113 Å².